The van der Waals surface area contributed by atoms with E-state index in [-0.39, 0.29) is 12.4 Å². The lowest BCUT2D eigenvalue weighted by Crippen LogP contribution is -2.44. The third-order valence-corrected chi connectivity index (χ3v) is 4.28. The Morgan fingerprint density at radius 2 is 2.26 bits per heavy atom. The summed E-state index contributed by atoms with van der Waals surface area (Å²) in [4.78, 5) is 17.6. The summed E-state index contributed by atoms with van der Waals surface area (Å²) in [5, 5.41) is 13.3. The van der Waals surface area contributed by atoms with E-state index in [1.54, 1.807) is 0 Å². The Morgan fingerprint density at radius 3 is 3.00 bits per heavy atom. The third-order valence-electron chi connectivity index (χ3n) is 3.79. The quantitative estimate of drug-likeness (QED) is 0.845. The van der Waals surface area contributed by atoms with Crippen LogP contribution in [0, 0.1) is 0 Å². The number of hydrogen-bond donors (Lipinski definition) is 1. The van der Waals surface area contributed by atoms with Crippen molar-refractivity contribution in [3.63, 3.8) is 0 Å². The summed E-state index contributed by atoms with van der Waals surface area (Å²) in [6.07, 6.45) is 2.61. The van der Waals surface area contributed by atoms with E-state index in [0.29, 0.717) is 24.7 Å². The molecule has 3 rings (SSSR count). The number of carbonyl (C=O) groups is 1. The minimum absolute atomic E-state index is 0. The molecule has 1 N–H and O–H groups in total. The Labute approximate surface area is 148 Å². The number of halogens is 2. The molecule has 1 atom stereocenters. The molecule has 1 saturated heterocycles. The summed E-state index contributed by atoms with van der Waals surface area (Å²) in [7, 11) is 0. The van der Waals surface area contributed by atoms with Crippen LogP contribution in [0.15, 0.2) is 33.3 Å². The van der Waals surface area contributed by atoms with Crippen molar-refractivity contribution in [1.29, 1.82) is 0 Å². The zero-order valence-corrected chi connectivity index (χ0v) is 14.7. The van der Waals surface area contributed by atoms with Gasteiger partial charge in [0.2, 0.25) is 11.7 Å². The Morgan fingerprint density at radius 1 is 1.43 bits per heavy atom. The maximum Gasteiger partial charge on any atom is 0.320 e. The van der Waals surface area contributed by atoms with Gasteiger partial charge in [0.05, 0.1) is 6.54 Å². The number of aliphatic carboxylic acids is 1. The fourth-order valence-electron chi connectivity index (χ4n) is 2.70. The molecular formula is C15H17BrClN3O3. The predicted octanol–water partition coefficient (Wildman–Crippen LogP) is 3.36. The standard InChI is InChI=1S/C15H16BrN3O3.ClH/c16-11-5-3-4-10(8-11)14-17-13(22-18-14)9-19-7-2-1-6-12(19)15(20)21;/h3-5,8,12H,1-2,6-7,9H2,(H,20,21);1H. The van der Waals surface area contributed by atoms with Gasteiger partial charge >= 0.3 is 5.97 Å². The molecular weight excluding hydrogens is 386 g/mol. The van der Waals surface area contributed by atoms with Crippen molar-refractivity contribution in [3.8, 4) is 11.4 Å². The van der Waals surface area contributed by atoms with E-state index in [9.17, 15) is 9.90 Å². The van der Waals surface area contributed by atoms with Crippen LogP contribution >= 0.6 is 28.3 Å². The number of nitrogens with zero attached hydrogens (tertiary/aromatic N) is 3. The highest BCUT2D eigenvalue weighted by molar-refractivity contribution is 9.10. The molecule has 23 heavy (non-hydrogen) atoms. The first-order valence-corrected chi connectivity index (χ1v) is 7.98. The van der Waals surface area contributed by atoms with Crippen LogP contribution in [-0.2, 0) is 11.3 Å². The van der Waals surface area contributed by atoms with Crippen LogP contribution in [0.1, 0.15) is 25.2 Å². The van der Waals surface area contributed by atoms with Crippen LogP contribution in [0.4, 0.5) is 0 Å². The summed E-state index contributed by atoms with van der Waals surface area (Å²) in [5.74, 6) is 0.176. The van der Waals surface area contributed by atoms with Crippen molar-refractivity contribution in [2.45, 2.75) is 31.8 Å². The SMILES string of the molecule is Cl.O=C(O)C1CCCCN1Cc1nc(-c2cccc(Br)c2)no1. The van der Waals surface area contributed by atoms with E-state index in [2.05, 4.69) is 26.1 Å². The van der Waals surface area contributed by atoms with Gasteiger partial charge in [-0.2, -0.15) is 4.98 Å². The largest absolute Gasteiger partial charge is 0.480 e. The molecule has 2 heterocycles. The van der Waals surface area contributed by atoms with Crippen LogP contribution in [0.25, 0.3) is 11.4 Å². The number of benzene rings is 1. The highest BCUT2D eigenvalue weighted by Gasteiger charge is 2.29. The summed E-state index contributed by atoms with van der Waals surface area (Å²) < 4.78 is 6.22. The molecule has 0 radical (unpaired) electrons. The van der Waals surface area contributed by atoms with Gasteiger partial charge in [0.1, 0.15) is 6.04 Å². The molecule has 8 heteroatoms. The van der Waals surface area contributed by atoms with Gasteiger partial charge in [0.25, 0.3) is 0 Å². The van der Waals surface area contributed by atoms with E-state index in [4.69, 9.17) is 4.52 Å². The minimum Gasteiger partial charge on any atom is -0.480 e. The molecule has 1 aromatic heterocycles. The number of rotatable bonds is 4. The summed E-state index contributed by atoms with van der Waals surface area (Å²) in [6.45, 7) is 1.11. The first-order chi connectivity index (χ1) is 10.6. The first-order valence-electron chi connectivity index (χ1n) is 7.19. The summed E-state index contributed by atoms with van der Waals surface area (Å²) in [5.41, 5.74) is 0.859. The molecule has 1 fully saturated rings. The van der Waals surface area contributed by atoms with E-state index in [0.717, 1.165) is 29.4 Å². The van der Waals surface area contributed by atoms with Crippen molar-refractivity contribution in [1.82, 2.24) is 15.0 Å². The van der Waals surface area contributed by atoms with Crippen LogP contribution < -0.4 is 0 Å². The van der Waals surface area contributed by atoms with Crippen LogP contribution in [-0.4, -0.2) is 38.7 Å². The second-order valence-corrected chi connectivity index (χ2v) is 6.26. The van der Waals surface area contributed by atoms with Crippen molar-refractivity contribution in [3.05, 3.63) is 34.6 Å². The molecule has 6 nitrogen and oxygen atoms in total. The molecule has 0 bridgehead atoms. The van der Waals surface area contributed by atoms with Gasteiger partial charge in [0.15, 0.2) is 0 Å². The Hall–Kier alpha value is -1.44. The van der Waals surface area contributed by atoms with Gasteiger partial charge in [-0.15, -0.1) is 12.4 Å². The van der Waals surface area contributed by atoms with Gasteiger partial charge in [-0.25, -0.2) is 0 Å². The van der Waals surface area contributed by atoms with Gasteiger partial charge in [-0.05, 0) is 31.5 Å². The van der Waals surface area contributed by atoms with Crippen LogP contribution in [0.2, 0.25) is 0 Å². The number of carboxylic acids is 1. The van der Waals surface area contributed by atoms with E-state index in [1.165, 1.54) is 0 Å². The molecule has 0 saturated carbocycles. The van der Waals surface area contributed by atoms with Crippen LogP contribution in [0.3, 0.4) is 0 Å². The van der Waals surface area contributed by atoms with Gasteiger partial charge in [-0.1, -0.05) is 39.6 Å². The number of aromatic nitrogens is 2. The lowest BCUT2D eigenvalue weighted by Gasteiger charge is -2.31. The number of hydrogen-bond acceptors (Lipinski definition) is 5. The Bertz CT molecular complexity index is 679. The molecule has 1 aromatic carbocycles. The van der Waals surface area contributed by atoms with E-state index < -0.39 is 12.0 Å². The second-order valence-electron chi connectivity index (χ2n) is 5.34. The van der Waals surface area contributed by atoms with E-state index in [1.807, 2.05) is 29.2 Å². The number of piperidine rings is 1. The molecule has 1 aliphatic heterocycles. The minimum atomic E-state index is -0.786. The third kappa shape index (κ3) is 4.31. The maximum atomic E-state index is 11.3. The topological polar surface area (TPSA) is 79.5 Å². The molecule has 2 aromatic rings. The maximum absolute atomic E-state index is 11.3. The lowest BCUT2D eigenvalue weighted by molar-refractivity contribution is -0.145. The highest BCUT2D eigenvalue weighted by atomic mass is 79.9. The summed E-state index contributed by atoms with van der Waals surface area (Å²) >= 11 is 3.41. The van der Waals surface area contributed by atoms with Gasteiger partial charge < -0.3 is 9.63 Å². The molecule has 0 spiro atoms. The second kappa shape index (κ2) is 7.90. The van der Waals surface area contributed by atoms with Crippen molar-refractivity contribution < 1.29 is 14.4 Å². The number of carboxylic acid groups (broad SMARTS) is 1. The summed E-state index contributed by atoms with van der Waals surface area (Å²) in [6, 6.07) is 7.18. The van der Waals surface area contributed by atoms with Crippen molar-refractivity contribution in [2.24, 2.45) is 0 Å². The molecule has 0 amide bonds. The Balaban J connectivity index is 0.00000192. The zero-order chi connectivity index (χ0) is 15.5. The smallest absolute Gasteiger partial charge is 0.320 e. The van der Waals surface area contributed by atoms with Crippen molar-refractivity contribution in [2.75, 3.05) is 6.54 Å². The normalized spacial score (nSPS) is 18.4. The first kappa shape index (κ1) is 17.9. The Kier molecular flexibility index (Phi) is 6.15. The van der Waals surface area contributed by atoms with E-state index >= 15 is 0 Å². The van der Waals surface area contributed by atoms with Crippen molar-refractivity contribution >= 4 is 34.3 Å². The van der Waals surface area contributed by atoms with Crippen LogP contribution in [0.5, 0.6) is 0 Å². The monoisotopic (exact) mass is 401 g/mol. The zero-order valence-electron chi connectivity index (χ0n) is 12.3. The van der Waals surface area contributed by atoms with Gasteiger partial charge in [-0.3, -0.25) is 9.69 Å². The highest BCUT2D eigenvalue weighted by Crippen LogP contribution is 2.22. The number of likely N-dealkylation sites (tertiary alicyclic amines) is 1. The fraction of sp³-hybridized carbons (Fsp3) is 0.400. The molecule has 124 valence electrons. The average Bonchev–Trinajstić information content (AvgIpc) is 2.96. The predicted molar refractivity (Wildman–Crippen MR) is 90.4 cm³/mol. The molecule has 1 unspecified atom stereocenters. The fourth-order valence-corrected chi connectivity index (χ4v) is 3.10. The average molecular weight is 403 g/mol. The van der Waals surface area contributed by atoms with Gasteiger partial charge in [0, 0.05) is 10.0 Å². The molecule has 1 aliphatic rings. The molecule has 0 aliphatic carbocycles. The lowest BCUT2D eigenvalue weighted by atomic mass is 10.0.